The summed E-state index contributed by atoms with van der Waals surface area (Å²) in [5.74, 6) is -3.23. The summed E-state index contributed by atoms with van der Waals surface area (Å²) in [6, 6.07) is 23.4. The van der Waals surface area contributed by atoms with E-state index in [2.05, 4.69) is 5.32 Å². The molecular formula is C32H28Cl2N2O4. The quantitative estimate of drug-likeness (QED) is 0.348. The number of alkyl halides is 2. The van der Waals surface area contributed by atoms with Crippen LogP contribution in [0, 0.1) is 11.8 Å². The Morgan fingerprint density at radius 1 is 0.850 bits per heavy atom. The molecular weight excluding hydrogens is 547 g/mol. The van der Waals surface area contributed by atoms with E-state index in [4.69, 9.17) is 27.9 Å². The van der Waals surface area contributed by atoms with Gasteiger partial charge in [0.15, 0.2) is 0 Å². The fraction of sp³-hybridized carbons (Fsp3) is 0.344. The molecule has 3 aliphatic carbocycles. The Balaban J connectivity index is 1.33. The first kappa shape index (κ1) is 25.8. The lowest BCUT2D eigenvalue weighted by molar-refractivity contribution is -0.148. The number of carbonyl (C=O) groups is 3. The Morgan fingerprint density at radius 2 is 1.35 bits per heavy atom. The van der Waals surface area contributed by atoms with Crippen molar-refractivity contribution in [3.05, 3.63) is 107 Å². The Kier molecular flexibility index (Phi) is 6.08. The van der Waals surface area contributed by atoms with Gasteiger partial charge in [-0.05, 0) is 40.7 Å². The predicted octanol–water partition coefficient (Wildman–Crippen LogP) is 4.49. The molecule has 0 radical (unpaired) electrons. The summed E-state index contributed by atoms with van der Waals surface area (Å²) >= 11 is 15.1. The molecule has 204 valence electrons. The first-order valence-electron chi connectivity index (χ1n) is 13.7. The highest BCUT2D eigenvalue weighted by molar-refractivity contribution is 6.36. The third kappa shape index (κ3) is 3.49. The minimum absolute atomic E-state index is 0.0778. The van der Waals surface area contributed by atoms with Crippen LogP contribution in [-0.4, -0.2) is 47.9 Å². The number of nitrogens with one attached hydrogen (secondary N) is 1. The van der Waals surface area contributed by atoms with E-state index in [0.29, 0.717) is 13.2 Å². The Hall–Kier alpha value is -3.19. The molecule has 4 atom stereocenters. The van der Waals surface area contributed by atoms with E-state index in [0.717, 1.165) is 45.6 Å². The largest absolute Gasteiger partial charge is 0.376 e. The van der Waals surface area contributed by atoms with Crippen LogP contribution in [0.5, 0.6) is 0 Å². The molecule has 3 amide bonds. The number of likely N-dealkylation sites (tertiary alicyclic amines) is 1. The van der Waals surface area contributed by atoms with E-state index in [1.807, 2.05) is 78.9 Å². The first-order valence-corrected chi connectivity index (χ1v) is 14.5. The number of amides is 3. The number of carbonyl (C=O) groups excluding carboxylic acids is 3. The van der Waals surface area contributed by atoms with E-state index in [1.54, 1.807) is 0 Å². The van der Waals surface area contributed by atoms with Crippen molar-refractivity contribution in [2.45, 2.75) is 41.2 Å². The maximum absolute atomic E-state index is 14.5. The smallest absolute Gasteiger partial charge is 0.243 e. The fourth-order valence-electron chi connectivity index (χ4n) is 7.27. The van der Waals surface area contributed by atoms with Crippen LogP contribution in [0.4, 0.5) is 0 Å². The minimum atomic E-state index is -1.29. The van der Waals surface area contributed by atoms with E-state index in [1.165, 1.54) is 0 Å². The summed E-state index contributed by atoms with van der Waals surface area (Å²) in [6.45, 7) is 0.986. The molecule has 2 fully saturated rings. The highest BCUT2D eigenvalue weighted by Crippen LogP contribution is 2.69. The Labute approximate surface area is 242 Å². The van der Waals surface area contributed by atoms with E-state index >= 15 is 0 Å². The van der Waals surface area contributed by atoms with Gasteiger partial charge in [-0.25, -0.2) is 0 Å². The minimum Gasteiger partial charge on any atom is -0.376 e. The molecule has 3 aromatic carbocycles. The van der Waals surface area contributed by atoms with Gasteiger partial charge in [-0.3, -0.25) is 19.3 Å². The summed E-state index contributed by atoms with van der Waals surface area (Å²) in [7, 11) is 0. The Bertz CT molecular complexity index is 1400. The van der Waals surface area contributed by atoms with Gasteiger partial charge in [0.05, 0.1) is 17.9 Å². The predicted molar refractivity (Wildman–Crippen MR) is 151 cm³/mol. The van der Waals surface area contributed by atoms with Gasteiger partial charge < -0.3 is 10.1 Å². The second kappa shape index (κ2) is 9.44. The number of ether oxygens (including phenoxy) is 1. The van der Waals surface area contributed by atoms with Crippen LogP contribution in [-0.2, 0) is 35.3 Å². The number of nitrogens with zero attached hydrogens (tertiary/aromatic N) is 1. The van der Waals surface area contributed by atoms with Gasteiger partial charge >= 0.3 is 0 Å². The summed E-state index contributed by atoms with van der Waals surface area (Å²) in [5, 5.41) is 2.96. The monoisotopic (exact) mass is 574 g/mol. The van der Waals surface area contributed by atoms with Gasteiger partial charge in [-0.1, -0.05) is 78.9 Å². The van der Waals surface area contributed by atoms with Crippen molar-refractivity contribution in [2.24, 2.45) is 11.8 Å². The lowest BCUT2D eigenvalue weighted by Gasteiger charge is -2.54. The number of imide groups is 1. The van der Waals surface area contributed by atoms with Gasteiger partial charge in [-0.2, -0.15) is 0 Å². The number of halogens is 2. The molecule has 8 heteroatoms. The molecule has 3 aromatic rings. The fourth-order valence-corrected chi connectivity index (χ4v) is 8.37. The lowest BCUT2D eigenvalue weighted by atomic mass is 9.54. The molecule has 40 heavy (non-hydrogen) atoms. The van der Waals surface area contributed by atoms with Gasteiger partial charge in [0.2, 0.25) is 17.7 Å². The standard InChI is InChI=1S/C32H28Cl2N2O4/c33-31-21-12-4-5-13-22(21)32(34,24-15-7-6-14-23(24)31)27-26(31)29(38)36(30(27)39)25(17-19-9-2-1-3-10-19)28(37)35-18-20-11-8-16-40-20/h1-7,9-10,12-15,20,25-27H,8,11,16-18H2,(H,35,37)/t20-,25-,26-,27+,31?,32?/m0/s1. The highest BCUT2D eigenvalue weighted by atomic mass is 35.5. The second-order valence-corrected chi connectivity index (χ2v) is 12.3. The molecule has 2 bridgehead atoms. The van der Waals surface area contributed by atoms with Crippen molar-refractivity contribution in [1.82, 2.24) is 10.2 Å². The van der Waals surface area contributed by atoms with Crippen molar-refractivity contribution >= 4 is 40.9 Å². The van der Waals surface area contributed by atoms with Crippen LogP contribution < -0.4 is 5.32 Å². The summed E-state index contributed by atoms with van der Waals surface area (Å²) < 4.78 is 5.68. The molecule has 5 aliphatic rings. The van der Waals surface area contributed by atoms with E-state index < -0.39 is 45.3 Å². The molecule has 6 nitrogen and oxygen atoms in total. The molecule has 0 spiro atoms. The number of hydrogen-bond acceptors (Lipinski definition) is 4. The average molecular weight is 575 g/mol. The normalized spacial score (nSPS) is 30.6. The third-order valence-corrected chi connectivity index (χ3v) is 10.3. The van der Waals surface area contributed by atoms with Crippen molar-refractivity contribution in [1.29, 1.82) is 0 Å². The van der Waals surface area contributed by atoms with Crippen LogP contribution in [0.15, 0.2) is 78.9 Å². The van der Waals surface area contributed by atoms with Crippen LogP contribution >= 0.6 is 23.2 Å². The van der Waals surface area contributed by atoms with Crippen molar-refractivity contribution in [3.8, 4) is 0 Å². The van der Waals surface area contributed by atoms with Crippen LogP contribution in [0.25, 0.3) is 0 Å². The molecule has 1 N–H and O–H groups in total. The number of benzene rings is 3. The van der Waals surface area contributed by atoms with Crippen LogP contribution in [0.2, 0.25) is 0 Å². The molecule has 0 unspecified atom stereocenters. The summed E-state index contributed by atoms with van der Waals surface area (Å²) in [4.78, 5) is 41.3. The van der Waals surface area contributed by atoms with E-state index in [-0.39, 0.29) is 12.5 Å². The van der Waals surface area contributed by atoms with Crippen molar-refractivity contribution in [2.75, 3.05) is 13.2 Å². The average Bonchev–Trinajstić information content (AvgIpc) is 3.60. The zero-order valence-electron chi connectivity index (χ0n) is 21.7. The third-order valence-electron chi connectivity index (χ3n) is 9.03. The number of hydrogen-bond donors (Lipinski definition) is 1. The topological polar surface area (TPSA) is 75.7 Å². The zero-order valence-corrected chi connectivity index (χ0v) is 23.2. The van der Waals surface area contributed by atoms with Gasteiger partial charge in [0.1, 0.15) is 15.8 Å². The SMILES string of the molecule is O=C(NC[C@@H]1CCCO1)[C@H](Cc1ccccc1)N1C(=O)[C@@H]2[C@H](C1=O)C1(Cl)c3ccccc3C2(Cl)c2ccccc21. The van der Waals surface area contributed by atoms with E-state index in [9.17, 15) is 14.4 Å². The number of rotatable bonds is 6. The van der Waals surface area contributed by atoms with Gasteiger partial charge in [0, 0.05) is 19.6 Å². The van der Waals surface area contributed by atoms with Crippen molar-refractivity contribution in [3.63, 3.8) is 0 Å². The lowest BCUT2D eigenvalue weighted by Crippen LogP contribution is -2.57. The highest BCUT2D eigenvalue weighted by Gasteiger charge is 2.73. The van der Waals surface area contributed by atoms with Crippen LogP contribution in [0.1, 0.15) is 40.7 Å². The second-order valence-electron chi connectivity index (χ2n) is 11.1. The summed E-state index contributed by atoms with van der Waals surface area (Å²) in [5.41, 5.74) is 3.77. The Morgan fingerprint density at radius 3 is 1.82 bits per heavy atom. The molecule has 2 saturated heterocycles. The summed E-state index contributed by atoms with van der Waals surface area (Å²) in [6.07, 6.45) is 1.90. The molecule has 0 aromatic heterocycles. The maximum Gasteiger partial charge on any atom is 0.243 e. The molecule has 8 rings (SSSR count). The molecule has 0 saturated carbocycles. The molecule has 2 aliphatic heterocycles. The van der Waals surface area contributed by atoms with Gasteiger partial charge in [-0.15, -0.1) is 23.2 Å². The molecule has 2 heterocycles. The van der Waals surface area contributed by atoms with Crippen molar-refractivity contribution < 1.29 is 19.1 Å². The van der Waals surface area contributed by atoms with Gasteiger partial charge in [0.25, 0.3) is 0 Å². The zero-order chi connectivity index (χ0) is 27.6. The first-order chi connectivity index (χ1) is 19.4. The van der Waals surface area contributed by atoms with Crippen LogP contribution in [0.3, 0.4) is 0 Å². The maximum atomic E-state index is 14.5.